The summed E-state index contributed by atoms with van der Waals surface area (Å²) in [6.07, 6.45) is 0.680. The number of benzene rings is 1. The average Bonchev–Trinajstić information content (AvgIpc) is 2.47. The summed E-state index contributed by atoms with van der Waals surface area (Å²) in [6.45, 7) is 9.00. The molecule has 1 aromatic rings. The Morgan fingerprint density at radius 2 is 1.90 bits per heavy atom. The van der Waals surface area contributed by atoms with E-state index in [4.69, 9.17) is 10.5 Å². The van der Waals surface area contributed by atoms with Gasteiger partial charge in [-0.05, 0) is 31.4 Å². The van der Waals surface area contributed by atoms with Crippen LogP contribution >= 0.6 is 0 Å². The fourth-order valence-electron chi connectivity index (χ4n) is 1.84. The second-order valence-electron chi connectivity index (χ2n) is 6.12. The van der Waals surface area contributed by atoms with Crippen LogP contribution in [0.4, 0.5) is 0 Å². The molecule has 21 heavy (non-hydrogen) atoms. The summed E-state index contributed by atoms with van der Waals surface area (Å²) in [5, 5.41) is 3.07. The summed E-state index contributed by atoms with van der Waals surface area (Å²) in [5.74, 6) is 1.06. The van der Waals surface area contributed by atoms with Gasteiger partial charge in [-0.15, -0.1) is 0 Å². The number of ether oxygens (including phenoxy) is 1. The van der Waals surface area contributed by atoms with Crippen LogP contribution in [0.3, 0.4) is 0 Å². The van der Waals surface area contributed by atoms with Crippen LogP contribution < -0.4 is 15.8 Å². The molecule has 0 spiro atoms. The lowest BCUT2D eigenvalue weighted by Crippen LogP contribution is -2.56. The molecule has 2 atom stereocenters. The minimum atomic E-state index is -0.356. The van der Waals surface area contributed by atoms with Gasteiger partial charge in [0.25, 0.3) is 0 Å². The number of rotatable bonds is 8. The van der Waals surface area contributed by atoms with Crippen molar-refractivity contribution in [3.05, 3.63) is 30.3 Å². The number of carbonyl (C=O) groups is 1. The lowest BCUT2D eigenvalue weighted by molar-refractivity contribution is -0.127. The Bertz CT molecular complexity index is 434. The highest BCUT2D eigenvalue weighted by Crippen LogP contribution is 2.17. The van der Waals surface area contributed by atoms with E-state index in [0.717, 1.165) is 5.75 Å². The van der Waals surface area contributed by atoms with Crippen LogP contribution in [0.15, 0.2) is 30.3 Å². The van der Waals surface area contributed by atoms with Crippen molar-refractivity contribution >= 4 is 5.91 Å². The third-order valence-corrected chi connectivity index (χ3v) is 4.12. The Morgan fingerprint density at radius 1 is 1.29 bits per heavy atom. The summed E-state index contributed by atoms with van der Waals surface area (Å²) < 4.78 is 5.63. The van der Waals surface area contributed by atoms with Crippen molar-refractivity contribution in [3.63, 3.8) is 0 Å². The maximum Gasteiger partial charge on any atom is 0.223 e. The third-order valence-electron chi connectivity index (χ3n) is 4.12. The Labute approximate surface area is 128 Å². The van der Waals surface area contributed by atoms with Gasteiger partial charge in [-0.3, -0.25) is 4.79 Å². The molecule has 1 rings (SSSR count). The standard InChI is InChI=1S/C17H28N2O2/c1-13(2)17(4,12-18)19-16(20)14(3)10-11-21-15-8-6-5-7-9-15/h5-9,13-14H,10-12,18H2,1-4H3,(H,19,20). The molecule has 4 nitrogen and oxygen atoms in total. The largest absolute Gasteiger partial charge is 0.494 e. The number of hydrogen-bond donors (Lipinski definition) is 2. The fraction of sp³-hybridized carbons (Fsp3) is 0.588. The normalized spacial score (nSPS) is 15.3. The van der Waals surface area contributed by atoms with Gasteiger partial charge in [0.05, 0.1) is 12.1 Å². The highest BCUT2D eigenvalue weighted by atomic mass is 16.5. The average molecular weight is 292 g/mol. The molecule has 0 saturated heterocycles. The summed E-state index contributed by atoms with van der Waals surface area (Å²) in [5.41, 5.74) is 5.44. The van der Waals surface area contributed by atoms with Gasteiger partial charge in [0, 0.05) is 12.5 Å². The van der Waals surface area contributed by atoms with Crippen LogP contribution in [-0.4, -0.2) is 24.6 Å². The van der Waals surface area contributed by atoms with E-state index in [2.05, 4.69) is 19.2 Å². The Balaban J connectivity index is 2.41. The van der Waals surface area contributed by atoms with Crippen LogP contribution in [0.1, 0.15) is 34.1 Å². The first-order valence-electron chi connectivity index (χ1n) is 7.59. The van der Waals surface area contributed by atoms with E-state index >= 15 is 0 Å². The van der Waals surface area contributed by atoms with Gasteiger partial charge < -0.3 is 15.8 Å². The lowest BCUT2D eigenvalue weighted by atomic mass is 9.87. The molecule has 0 heterocycles. The van der Waals surface area contributed by atoms with Crippen molar-refractivity contribution in [1.29, 1.82) is 0 Å². The molecule has 0 bridgehead atoms. The van der Waals surface area contributed by atoms with E-state index in [9.17, 15) is 4.79 Å². The van der Waals surface area contributed by atoms with Crippen molar-refractivity contribution in [2.45, 2.75) is 39.7 Å². The SMILES string of the molecule is CC(CCOc1ccccc1)C(=O)NC(C)(CN)C(C)C. The fourth-order valence-corrected chi connectivity index (χ4v) is 1.84. The zero-order valence-electron chi connectivity index (χ0n) is 13.6. The van der Waals surface area contributed by atoms with E-state index < -0.39 is 0 Å². The number of nitrogens with one attached hydrogen (secondary N) is 1. The molecular formula is C17H28N2O2. The lowest BCUT2D eigenvalue weighted by Gasteiger charge is -2.34. The van der Waals surface area contributed by atoms with Gasteiger partial charge in [-0.25, -0.2) is 0 Å². The van der Waals surface area contributed by atoms with Crippen LogP contribution in [0.25, 0.3) is 0 Å². The highest BCUT2D eigenvalue weighted by molar-refractivity contribution is 5.79. The van der Waals surface area contributed by atoms with E-state index in [0.29, 0.717) is 25.5 Å². The first-order valence-corrected chi connectivity index (χ1v) is 7.59. The minimum absolute atomic E-state index is 0.0355. The molecule has 0 fully saturated rings. The van der Waals surface area contributed by atoms with Crippen LogP contribution in [0.5, 0.6) is 5.75 Å². The maximum absolute atomic E-state index is 12.2. The van der Waals surface area contributed by atoms with Crippen molar-refractivity contribution < 1.29 is 9.53 Å². The summed E-state index contributed by atoms with van der Waals surface area (Å²) in [7, 11) is 0. The highest BCUT2D eigenvalue weighted by Gasteiger charge is 2.30. The molecule has 3 N–H and O–H groups in total. The van der Waals surface area contributed by atoms with Gasteiger partial charge in [0.1, 0.15) is 5.75 Å². The Kier molecular flexibility index (Phi) is 6.69. The van der Waals surface area contributed by atoms with Crippen LogP contribution in [0.2, 0.25) is 0 Å². The molecule has 1 aromatic carbocycles. The summed E-state index contributed by atoms with van der Waals surface area (Å²) >= 11 is 0. The summed E-state index contributed by atoms with van der Waals surface area (Å²) in [4.78, 5) is 12.2. The van der Waals surface area contributed by atoms with Crippen molar-refractivity contribution in [1.82, 2.24) is 5.32 Å². The number of nitrogens with two attached hydrogens (primary N) is 1. The monoisotopic (exact) mass is 292 g/mol. The topological polar surface area (TPSA) is 64.3 Å². The van der Waals surface area contributed by atoms with Gasteiger partial charge in [0.2, 0.25) is 5.91 Å². The molecule has 0 aliphatic carbocycles. The van der Waals surface area contributed by atoms with Crippen molar-refractivity contribution in [2.24, 2.45) is 17.6 Å². The molecule has 0 aliphatic rings. The van der Waals surface area contributed by atoms with E-state index in [1.54, 1.807) is 0 Å². The molecule has 0 aromatic heterocycles. The molecule has 1 amide bonds. The third kappa shape index (κ3) is 5.38. The van der Waals surface area contributed by atoms with E-state index in [1.807, 2.05) is 44.2 Å². The predicted octanol–water partition coefficient (Wildman–Crippen LogP) is 2.58. The smallest absolute Gasteiger partial charge is 0.223 e. The van der Waals surface area contributed by atoms with Crippen LogP contribution in [-0.2, 0) is 4.79 Å². The van der Waals surface area contributed by atoms with Gasteiger partial charge in [0.15, 0.2) is 0 Å². The molecule has 0 saturated carbocycles. The number of amides is 1. The molecule has 118 valence electrons. The number of para-hydroxylation sites is 1. The first kappa shape index (κ1) is 17.5. The first-order chi connectivity index (χ1) is 9.89. The van der Waals surface area contributed by atoms with E-state index in [-0.39, 0.29) is 17.4 Å². The maximum atomic E-state index is 12.2. The van der Waals surface area contributed by atoms with Crippen molar-refractivity contribution in [2.75, 3.05) is 13.2 Å². The minimum Gasteiger partial charge on any atom is -0.494 e. The Morgan fingerprint density at radius 3 is 2.43 bits per heavy atom. The molecule has 0 aliphatic heterocycles. The Hall–Kier alpha value is -1.55. The molecule has 0 radical (unpaired) electrons. The van der Waals surface area contributed by atoms with Gasteiger partial charge in [-0.2, -0.15) is 0 Å². The molecule has 2 unspecified atom stereocenters. The zero-order chi connectivity index (χ0) is 15.9. The van der Waals surface area contributed by atoms with Crippen molar-refractivity contribution in [3.8, 4) is 5.75 Å². The second kappa shape index (κ2) is 8.03. The predicted molar refractivity (Wildman–Crippen MR) is 86.2 cm³/mol. The summed E-state index contributed by atoms with van der Waals surface area (Å²) in [6, 6.07) is 9.63. The van der Waals surface area contributed by atoms with Crippen LogP contribution in [0, 0.1) is 11.8 Å². The van der Waals surface area contributed by atoms with E-state index in [1.165, 1.54) is 0 Å². The molecular weight excluding hydrogens is 264 g/mol. The second-order valence-corrected chi connectivity index (χ2v) is 6.12. The van der Waals surface area contributed by atoms with Gasteiger partial charge >= 0.3 is 0 Å². The molecule has 4 heteroatoms. The number of hydrogen-bond acceptors (Lipinski definition) is 3. The quantitative estimate of drug-likeness (QED) is 0.774. The van der Waals surface area contributed by atoms with Gasteiger partial charge in [-0.1, -0.05) is 39.0 Å². The zero-order valence-corrected chi connectivity index (χ0v) is 13.6. The number of carbonyl (C=O) groups excluding carboxylic acids is 1.